The first-order valence-corrected chi connectivity index (χ1v) is 11.4. The Morgan fingerprint density at radius 1 is 0.969 bits per heavy atom. The molecule has 170 valence electrons. The Kier molecular flexibility index (Phi) is 7.39. The number of likely N-dealkylation sites (tertiary alicyclic amines) is 1. The first kappa shape index (κ1) is 22.3. The number of piperazine rings is 1. The van der Waals surface area contributed by atoms with E-state index >= 15 is 0 Å². The topological polar surface area (TPSA) is 73.9 Å². The smallest absolute Gasteiger partial charge is 0.327 e. The minimum Gasteiger partial charge on any atom is -0.468 e. The van der Waals surface area contributed by atoms with Crippen LogP contribution in [0.5, 0.6) is 0 Å². The van der Waals surface area contributed by atoms with E-state index < -0.39 is 6.04 Å². The van der Waals surface area contributed by atoms with Crippen LogP contribution in [-0.4, -0.2) is 63.2 Å². The molecule has 4 rings (SSSR count). The fourth-order valence-corrected chi connectivity index (χ4v) is 4.59. The zero-order valence-electron chi connectivity index (χ0n) is 18.6. The van der Waals surface area contributed by atoms with E-state index in [0.717, 1.165) is 37.4 Å². The Balaban J connectivity index is 1.32. The van der Waals surface area contributed by atoms with E-state index in [9.17, 15) is 9.59 Å². The molecular formula is C25H32N4O3. The molecular weight excluding hydrogens is 404 g/mol. The van der Waals surface area contributed by atoms with Gasteiger partial charge in [0.15, 0.2) is 0 Å². The van der Waals surface area contributed by atoms with Crippen molar-refractivity contribution in [2.24, 2.45) is 5.92 Å². The minimum absolute atomic E-state index is 0.0499. The number of hydrogen-bond acceptors (Lipinski definition) is 6. The van der Waals surface area contributed by atoms with E-state index in [1.54, 1.807) is 0 Å². The molecule has 1 amide bonds. The molecule has 0 spiro atoms. The quantitative estimate of drug-likeness (QED) is 0.679. The van der Waals surface area contributed by atoms with Gasteiger partial charge < -0.3 is 20.3 Å². The Hall–Kier alpha value is -2.90. The number of carbonyl (C=O) groups is 2. The molecule has 2 aliphatic heterocycles. The molecule has 7 nitrogen and oxygen atoms in total. The SMILES string of the molecule is COC(=O)C(c1ccccc1)N1CCC(C(=O)Nc2ccc(N3CCNCC3)cc2)CC1. The predicted octanol–water partition coefficient (Wildman–Crippen LogP) is 2.66. The molecule has 1 unspecified atom stereocenters. The highest BCUT2D eigenvalue weighted by atomic mass is 16.5. The van der Waals surface area contributed by atoms with Gasteiger partial charge in [-0.2, -0.15) is 0 Å². The van der Waals surface area contributed by atoms with E-state index in [1.165, 1.54) is 12.8 Å². The monoisotopic (exact) mass is 436 g/mol. The molecule has 0 bridgehead atoms. The number of rotatable bonds is 6. The lowest BCUT2D eigenvalue weighted by Crippen LogP contribution is -2.43. The van der Waals surface area contributed by atoms with Crippen molar-refractivity contribution in [1.82, 2.24) is 10.2 Å². The normalized spacial score (nSPS) is 18.7. The molecule has 2 N–H and O–H groups in total. The van der Waals surface area contributed by atoms with Gasteiger partial charge in [0.1, 0.15) is 6.04 Å². The molecule has 7 heteroatoms. The third-order valence-corrected chi connectivity index (χ3v) is 6.42. The summed E-state index contributed by atoms with van der Waals surface area (Å²) in [5.74, 6) is -0.272. The van der Waals surface area contributed by atoms with Gasteiger partial charge in [0.2, 0.25) is 5.91 Å². The molecule has 0 aromatic heterocycles. The van der Waals surface area contributed by atoms with Crippen LogP contribution < -0.4 is 15.5 Å². The highest BCUT2D eigenvalue weighted by molar-refractivity contribution is 5.92. The maximum absolute atomic E-state index is 12.9. The second kappa shape index (κ2) is 10.6. The van der Waals surface area contributed by atoms with E-state index in [4.69, 9.17) is 4.74 Å². The summed E-state index contributed by atoms with van der Waals surface area (Å²) in [5.41, 5.74) is 2.94. The molecule has 2 aromatic rings. The largest absolute Gasteiger partial charge is 0.468 e. The summed E-state index contributed by atoms with van der Waals surface area (Å²) < 4.78 is 5.06. The summed E-state index contributed by atoms with van der Waals surface area (Å²) in [6.45, 7) is 5.35. The summed E-state index contributed by atoms with van der Waals surface area (Å²) in [6.07, 6.45) is 1.43. The average Bonchev–Trinajstić information content (AvgIpc) is 2.86. The van der Waals surface area contributed by atoms with Crippen LogP contribution in [0.2, 0.25) is 0 Å². The van der Waals surface area contributed by atoms with Crippen molar-refractivity contribution in [2.45, 2.75) is 18.9 Å². The summed E-state index contributed by atoms with van der Waals surface area (Å²) in [6, 6.07) is 17.4. The fourth-order valence-electron chi connectivity index (χ4n) is 4.59. The Bertz CT molecular complexity index is 889. The number of ether oxygens (including phenoxy) is 1. The van der Waals surface area contributed by atoms with E-state index in [-0.39, 0.29) is 17.8 Å². The molecule has 0 radical (unpaired) electrons. The zero-order valence-corrected chi connectivity index (χ0v) is 18.6. The molecule has 1 atom stereocenters. The second-order valence-corrected chi connectivity index (χ2v) is 8.42. The van der Waals surface area contributed by atoms with Crippen molar-refractivity contribution in [3.63, 3.8) is 0 Å². The van der Waals surface area contributed by atoms with Crippen molar-refractivity contribution in [3.05, 3.63) is 60.2 Å². The van der Waals surface area contributed by atoms with Gasteiger partial charge in [0.05, 0.1) is 7.11 Å². The molecule has 32 heavy (non-hydrogen) atoms. The number of nitrogens with one attached hydrogen (secondary N) is 2. The number of nitrogens with zero attached hydrogens (tertiary/aromatic N) is 2. The van der Waals surface area contributed by atoms with Gasteiger partial charge in [-0.05, 0) is 42.7 Å². The van der Waals surface area contributed by atoms with Crippen LogP contribution in [0.3, 0.4) is 0 Å². The van der Waals surface area contributed by atoms with Crippen LogP contribution in [0.15, 0.2) is 54.6 Å². The van der Waals surface area contributed by atoms with Gasteiger partial charge in [-0.15, -0.1) is 0 Å². The van der Waals surface area contributed by atoms with Gasteiger partial charge in [0, 0.05) is 56.6 Å². The molecule has 2 saturated heterocycles. The molecule has 2 aliphatic rings. The van der Waals surface area contributed by atoms with Crippen molar-refractivity contribution >= 4 is 23.3 Å². The van der Waals surface area contributed by atoms with Crippen LogP contribution in [0, 0.1) is 5.92 Å². The van der Waals surface area contributed by atoms with Gasteiger partial charge in [-0.25, -0.2) is 4.79 Å². The molecule has 2 fully saturated rings. The van der Waals surface area contributed by atoms with Gasteiger partial charge in [-0.3, -0.25) is 9.69 Å². The zero-order chi connectivity index (χ0) is 22.3. The number of benzene rings is 2. The summed E-state index contributed by atoms with van der Waals surface area (Å²) in [5, 5.41) is 6.43. The molecule has 2 heterocycles. The molecule has 0 aliphatic carbocycles. The predicted molar refractivity (Wildman–Crippen MR) is 126 cm³/mol. The van der Waals surface area contributed by atoms with Crippen LogP contribution in [0.1, 0.15) is 24.4 Å². The lowest BCUT2D eigenvalue weighted by atomic mass is 9.93. The number of amides is 1. The summed E-state index contributed by atoms with van der Waals surface area (Å²) >= 11 is 0. The third-order valence-electron chi connectivity index (χ3n) is 6.42. The Morgan fingerprint density at radius 2 is 1.62 bits per heavy atom. The van der Waals surface area contributed by atoms with Gasteiger partial charge >= 0.3 is 5.97 Å². The highest BCUT2D eigenvalue weighted by Gasteiger charge is 2.33. The van der Waals surface area contributed by atoms with E-state index in [1.807, 2.05) is 42.5 Å². The number of carbonyl (C=O) groups excluding carboxylic acids is 2. The van der Waals surface area contributed by atoms with Crippen LogP contribution >= 0.6 is 0 Å². The standard InChI is InChI=1S/C25H32N4O3/c1-32-25(31)23(19-5-3-2-4-6-19)29-15-11-20(12-16-29)24(30)27-21-7-9-22(10-8-21)28-17-13-26-14-18-28/h2-10,20,23,26H,11-18H2,1H3,(H,27,30). The van der Waals surface area contributed by atoms with Crippen molar-refractivity contribution in [3.8, 4) is 0 Å². The van der Waals surface area contributed by atoms with Crippen molar-refractivity contribution in [1.29, 1.82) is 0 Å². The van der Waals surface area contributed by atoms with Crippen molar-refractivity contribution in [2.75, 3.05) is 56.6 Å². The number of anilines is 2. The van der Waals surface area contributed by atoms with Gasteiger partial charge in [-0.1, -0.05) is 30.3 Å². The summed E-state index contributed by atoms with van der Waals surface area (Å²) in [4.78, 5) is 29.8. The number of esters is 1. The molecule has 2 aromatic carbocycles. The lowest BCUT2D eigenvalue weighted by Gasteiger charge is -2.35. The first-order valence-electron chi connectivity index (χ1n) is 11.4. The third kappa shape index (κ3) is 5.29. The van der Waals surface area contributed by atoms with Crippen LogP contribution in [0.25, 0.3) is 0 Å². The Morgan fingerprint density at radius 3 is 2.25 bits per heavy atom. The molecule has 0 saturated carbocycles. The van der Waals surface area contributed by atoms with Crippen LogP contribution in [0.4, 0.5) is 11.4 Å². The average molecular weight is 437 g/mol. The summed E-state index contributed by atoms with van der Waals surface area (Å²) in [7, 11) is 1.42. The lowest BCUT2D eigenvalue weighted by molar-refractivity contribution is -0.148. The Labute approximate surface area is 189 Å². The number of methoxy groups -OCH3 is 1. The number of piperidine rings is 1. The number of hydrogen-bond donors (Lipinski definition) is 2. The second-order valence-electron chi connectivity index (χ2n) is 8.42. The van der Waals surface area contributed by atoms with E-state index in [2.05, 4.69) is 32.6 Å². The first-order chi connectivity index (χ1) is 15.7. The maximum Gasteiger partial charge on any atom is 0.327 e. The fraction of sp³-hybridized carbons (Fsp3) is 0.440. The maximum atomic E-state index is 12.9. The van der Waals surface area contributed by atoms with Gasteiger partial charge in [0.25, 0.3) is 0 Å². The highest BCUT2D eigenvalue weighted by Crippen LogP contribution is 2.29. The van der Waals surface area contributed by atoms with Crippen molar-refractivity contribution < 1.29 is 14.3 Å². The minimum atomic E-state index is -0.428. The van der Waals surface area contributed by atoms with Crippen LogP contribution in [-0.2, 0) is 14.3 Å². The van der Waals surface area contributed by atoms with E-state index in [0.29, 0.717) is 25.9 Å².